The van der Waals surface area contributed by atoms with Gasteiger partial charge in [-0.15, -0.1) is 0 Å². The number of benzene rings is 2. The largest absolute Gasteiger partial charge is 0.355 e. The molecule has 2 aromatic carbocycles. The molecule has 0 aliphatic rings. The molecular formula is C19H16ClFN2O2. The number of carbonyl (C=O) groups is 1. The van der Waals surface area contributed by atoms with Crippen LogP contribution in [0.4, 0.5) is 4.39 Å². The molecule has 0 saturated carbocycles. The van der Waals surface area contributed by atoms with Crippen LogP contribution in [0, 0.1) is 5.82 Å². The quantitative estimate of drug-likeness (QED) is 0.661. The summed E-state index contributed by atoms with van der Waals surface area (Å²) in [5.41, 5.74) is 1.29. The molecule has 0 spiro atoms. The van der Waals surface area contributed by atoms with E-state index < -0.39 is 5.82 Å². The second kappa shape index (κ2) is 7.07. The topological polar surface area (TPSA) is 46.3 Å². The van der Waals surface area contributed by atoms with Crippen LogP contribution in [0.3, 0.4) is 0 Å². The van der Waals surface area contributed by atoms with Gasteiger partial charge in [0.2, 0.25) is 0 Å². The SMILES string of the molecule is CC(c1cccc(Cl)c1)N(C)C(=O)c1cc(-c2ccccc2F)on1. The van der Waals surface area contributed by atoms with Crippen LogP contribution in [0.5, 0.6) is 0 Å². The summed E-state index contributed by atoms with van der Waals surface area (Å²) < 4.78 is 19.0. The van der Waals surface area contributed by atoms with Gasteiger partial charge in [-0.05, 0) is 36.8 Å². The molecule has 0 bridgehead atoms. The first kappa shape index (κ1) is 17.2. The Morgan fingerprint density at radius 2 is 1.96 bits per heavy atom. The van der Waals surface area contributed by atoms with Crippen LogP contribution in [-0.4, -0.2) is 23.0 Å². The van der Waals surface area contributed by atoms with Crippen molar-refractivity contribution in [1.82, 2.24) is 10.1 Å². The Hall–Kier alpha value is -2.66. The van der Waals surface area contributed by atoms with E-state index >= 15 is 0 Å². The first-order chi connectivity index (χ1) is 12.0. The van der Waals surface area contributed by atoms with E-state index in [-0.39, 0.29) is 29.0 Å². The van der Waals surface area contributed by atoms with E-state index in [4.69, 9.17) is 16.1 Å². The lowest BCUT2D eigenvalue weighted by atomic mass is 10.1. The van der Waals surface area contributed by atoms with Gasteiger partial charge in [-0.1, -0.05) is 41.0 Å². The fraction of sp³-hybridized carbons (Fsp3) is 0.158. The Labute approximate surface area is 149 Å². The Balaban J connectivity index is 1.83. The zero-order valence-electron chi connectivity index (χ0n) is 13.7. The van der Waals surface area contributed by atoms with Gasteiger partial charge in [-0.2, -0.15) is 0 Å². The van der Waals surface area contributed by atoms with Gasteiger partial charge in [0, 0.05) is 18.1 Å². The number of nitrogens with zero attached hydrogens (tertiary/aromatic N) is 2. The van der Waals surface area contributed by atoms with E-state index in [9.17, 15) is 9.18 Å². The molecule has 1 atom stereocenters. The molecule has 0 aliphatic carbocycles. The summed E-state index contributed by atoms with van der Waals surface area (Å²) >= 11 is 6.01. The number of carbonyl (C=O) groups excluding carboxylic acids is 1. The summed E-state index contributed by atoms with van der Waals surface area (Å²) in [6.45, 7) is 1.89. The zero-order chi connectivity index (χ0) is 18.0. The number of halogens is 2. The minimum Gasteiger partial charge on any atom is -0.355 e. The van der Waals surface area contributed by atoms with Gasteiger partial charge in [-0.3, -0.25) is 4.79 Å². The predicted octanol–water partition coefficient (Wildman–Crippen LogP) is 4.97. The highest BCUT2D eigenvalue weighted by Gasteiger charge is 2.23. The first-order valence-corrected chi connectivity index (χ1v) is 8.09. The zero-order valence-corrected chi connectivity index (χ0v) is 14.5. The van der Waals surface area contributed by atoms with Crippen LogP contribution in [0.1, 0.15) is 29.0 Å². The Morgan fingerprint density at radius 1 is 1.20 bits per heavy atom. The normalized spacial score (nSPS) is 12.0. The van der Waals surface area contributed by atoms with Gasteiger partial charge in [-0.25, -0.2) is 4.39 Å². The summed E-state index contributed by atoms with van der Waals surface area (Å²) in [5.74, 6) is -0.539. The Morgan fingerprint density at radius 3 is 2.68 bits per heavy atom. The van der Waals surface area contributed by atoms with Gasteiger partial charge in [0.05, 0.1) is 11.6 Å². The van der Waals surface area contributed by atoms with Crippen LogP contribution >= 0.6 is 11.6 Å². The number of hydrogen-bond acceptors (Lipinski definition) is 3. The highest BCUT2D eigenvalue weighted by molar-refractivity contribution is 6.30. The maximum absolute atomic E-state index is 13.8. The van der Waals surface area contributed by atoms with Crippen molar-refractivity contribution in [3.8, 4) is 11.3 Å². The smallest absolute Gasteiger partial charge is 0.276 e. The molecule has 0 saturated heterocycles. The van der Waals surface area contributed by atoms with Crippen molar-refractivity contribution in [2.45, 2.75) is 13.0 Å². The van der Waals surface area contributed by atoms with Crippen molar-refractivity contribution in [3.05, 3.63) is 76.7 Å². The molecule has 0 fully saturated rings. The third kappa shape index (κ3) is 3.56. The molecule has 4 nitrogen and oxygen atoms in total. The summed E-state index contributed by atoms with van der Waals surface area (Å²) in [6, 6.07) is 14.7. The average Bonchev–Trinajstić information content (AvgIpc) is 3.10. The standard InChI is InChI=1S/C19H16ClFN2O2/c1-12(13-6-5-7-14(20)10-13)23(2)19(24)17-11-18(25-22-17)15-8-3-4-9-16(15)21/h3-12H,1-2H3. The highest BCUT2D eigenvalue weighted by atomic mass is 35.5. The van der Waals surface area contributed by atoms with E-state index in [1.165, 1.54) is 17.0 Å². The molecule has 3 rings (SSSR count). The molecule has 0 aliphatic heterocycles. The van der Waals surface area contributed by atoms with E-state index in [0.29, 0.717) is 5.02 Å². The molecule has 0 N–H and O–H groups in total. The van der Waals surface area contributed by atoms with Crippen molar-refractivity contribution in [2.75, 3.05) is 7.05 Å². The van der Waals surface area contributed by atoms with Crippen molar-refractivity contribution in [2.24, 2.45) is 0 Å². The third-order valence-corrected chi connectivity index (χ3v) is 4.34. The minimum atomic E-state index is -0.432. The van der Waals surface area contributed by atoms with Gasteiger partial charge in [0.1, 0.15) is 5.82 Å². The molecule has 1 heterocycles. The molecule has 6 heteroatoms. The van der Waals surface area contributed by atoms with E-state index in [0.717, 1.165) is 5.56 Å². The van der Waals surface area contributed by atoms with Crippen LogP contribution in [0.2, 0.25) is 5.02 Å². The summed E-state index contributed by atoms with van der Waals surface area (Å²) in [6.07, 6.45) is 0. The van der Waals surface area contributed by atoms with Crippen LogP contribution in [0.15, 0.2) is 59.1 Å². The monoisotopic (exact) mass is 358 g/mol. The molecule has 0 radical (unpaired) electrons. The fourth-order valence-corrected chi connectivity index (χ4v) is 2.71. The van der Waals surface area contributed by atoms with Gasteiger partial charge < -0.3 is 9.42 Å². The van der Waals surface area contributed by atoms with E-state index in [2.05, 4.69) is 5.16 Å². The summed E-state index contributed by atoms with van der Waals surface area (Å²) in [7, 11) is 1.67. The Bertz CT molecular complexity index is 910. The molecule has 1 aromatic heterocycles. The van der Waals surface area contributed by atoms with E-state index in [1.807, 2.05) is 25.1 Å². The molecule has 3 aromatic rings. The minimum absolute atomic E-state index is 0.120. The van der Waals surface area contributed by atoms with Gasteiger partial charge >= 0.3 is 0 Å². The maximum atomic E-state index is 13.8. The van der Waals surface area contributed by atoms with Crippen molar-refractivity contribution in [3.63, 3.8) is 0 Å². The van der Waals surface area contributed by atoms with Crippen molar-refractivity contribution >= 4 is 17.5 Å². The molecule has 1 unspecified atom stereocenters. The summed E-state index contributed by atoms with van der Waals surface area (Å²) in [5, 5.41) is 4.39. The lowest BCUT2D eigenvalue weighted by Gasteiger charge is -2.24. The van der Waals surface area contributed by atoms with Crippen LogP contribution < -0.4 is 0 Å². The van der Waals surface area contributed by atoms with Gasteiger partial charge in [0.25, 0.3) is 5.91 Å². The van der Waals surface area contributed by atoms with Crippen molar-refractivity contribution < 1.29 is 13.7 Å². The summed E-state index contributed by atoms with van der Waals surface area (Å²) in [4.78, 5) is 14.2. The molecule has 1 amide bonds. The molecule has 25 heavy (non-hydrogen) atoms. The number of rotatable bonds is 4. The predicted molar refractivity (Wildman–Crippen MR) is 93.9 cm³/mol. The maximum Gasteiger partial charge on any atom is 0.276 e. The Kier molecular flexibility index (Phi) is 4.86. The fourth-order valence-electron chi connectivity index (χ4n) is 2.51. The van der Waals surface area contributed by atoms with E-state index in [1.54, 1.807) is 31.3 Å². The van der Waals surface area contributed by atoms with Crippen LogP contribution in [0.25, 0.3) is 11.3 Å². The average molecular weight is 359 g/mol. The number of hydrogen-bond donors (Lipinski definition) is 0. The van der Waals surface area contributed by atoms with Crippen molar-refractivity contribution in [1.29, 1.82) is 0 Å². The lowest BCUT2D eigenvalue weighted by Crippen LogP contribution is -2.29. The highest BCUT2D eigenvalue weighted by Crippen LogP contribution is 2.26. The number of amides is 1. The second-order valence-corrected chi connectivity index (χ2v) is 6.14. The number of aromatic nitrogens is 1. The van der Waals surface area contributed by atoms with Crippen LogP contribution in [-0.2, 0) is 0 Å². The first-order valence-electron chi connectivity index (χ1n) is 7.71. The third-order valence-electron chi connectivity index (χ3n) is 4.10. The molecule has 128 valence electrons. The molecular weight excluding hydrogens is 343 g/mol. The second-order valence-electron chi connectivity index (χ2n) is 5.70. The lowest BCUT2D eigenvalue weighted by molar-refractivity contribution is 0.0732. The van der Waals surface area contributed by atoms with Gasteiger partial charge in [0.15, 0.2) is 11.5 Å².